The number of carbonyl (C=O) groups is 1. The highest BCUT2D eigenvalue weighted by molar-refractivity contribution is 5.98. The van der Waals surface area contributed by atoms with Crippen LogP contribution in [0.5, 0.6) is 0 Å². The van der Waals surface area contributed by atoms with Crippen molar-refractivity contribution in [2.75, 3.05) is 11.9 Å². The van der Waals surface area contributed by atoms with Gasteiger partial charge < -0.3 is 11.1 Å². The lowest BCUT2D eigenvalue weighted by atomic mass is 10.1. The van der Waals surface area contributed by atoms with Crippen LogP contribution in [0.25, 0.3) is 0 Å². The Morgan fingerprint density at radius 3 is 2.85 bits per heavy atom. The number of amides is 1. The SMILES string of the molecule is CCNc1cc(F)ccc1C(N)=O. The summed E-state index contributed by atoms with van der Waals surface area (Å²) < 4.78 is 12.7. The lowest BCUT2D eigenvalue weighted by Crippen LogP contribution is -2.14. The molecule has 0 bridgehead atoms. The first-order chi connectivity index (χ1) is 6.15. The number of primary amides is 1. The van der Waals surface area contributed by atoms with E-state index in [9.17, 15) is 9.18 Å². The van der Waals surface area contributed by atoms with Crippen LogP contribution in [-0.2, 0) is 0 Å². The summed E-state index contributed by atoms with van der Waals surface area (Å²) in [6.07, 6.45) is 0. The molecule has 13 heavy (non-hydrogen) atoms. The second kappa shape index (κ2) is 3.89. The van der Waals surface area contributed by atoms with E-state index in [1.54, 1.807) is 0 Å². The van der Waals surface area contributed by atoms with Crippen LogP contribution in [0.4, 0.5) is 10.1 Å². The summed E-state index contributed by atoms with van der Waals surface area (Å²) >= 11 is 0. The van der Waals surface area contributed by atoms with Crippen molar-refractivity contribution < 1.29 is 9.18 Å². The van der Waals surface area contributed by atoms with Gasteiger partial charge in [0, 0.05) is 12.2 Å². The van der Waals surface area contributed by atoms with Crippen LogP contribution in [0.2, 0.25) is 0 Å². The Hall–Kier alpha value is -1.58. The lowest BCUT2D eigenvalue weighted by molar-refractivity contribution is 0.100. The fourth-order valence-electron chi connectivity index (χ4n) is 1.07. The van der Waals surface area contributed by atoms with Crippen molar-refractivity contribution in [2.24, 2.45) is 5.73 Å². The third-order valence-corrected chi connectivity index (χ3v) is 1.61. The van der Waals surface area contributed by atoms with Gasteiger partial charge in [0.05, 0.1) is 5.56 Å². The Kier molecular flexibility index (Phi) is 2.84. The molecule has 1 rings (SSSR count). The van der Waals surface area contributed by atoms with Gasteiger partial charge in [0.1, 0.15) is 5.82 Å². The number of nitrogens with one attached hydrogen (secondary N) is 1. The number of nitrogens with two attached hydrogens (primary N) is 1. The normalized spacial score (nSPS) is 9.69. The molecular formula is C9H11FN2O. The van der Waals surface area contributed by atoms with Gasteiger partial charge in [-0.15, -0.1) is 0 Å². The van der Waals surface area contributed by atoms with Gasteiger partial charge in [0.15, 0.2) is 0 Å². The first-order valence-electron chi connectivity index (χ1n) is 3.98. The summed E-state index contributed by atoms with van der Waals surface area (Å²) in [6.45, 7) is 2.47. The molecule has 1 aromatic carbocycles. The fraction of sp³-hybridized carbons (Fsp3) is 0.222. The predicted molar refractivity (Wildman–Crippen MR) is 49.1 cm³/mol. The molecule has 1 amide bonds. The molecule has 0 aliphatic heterocycles. The fourth-order valence-corrected chi connectivity index (χ4v) is 1.07. The number of halogens is 1. The van der Waals surface area contributed by atoms with Crippen LogP contribution in [0.15, 0.2) is 18.2 Å². The van der Waals surface area contributed by atoms with E-state index in [0.29, 0.717) is 17.8 Å². The van der Waals surface area contributed by atoms with Crippen molar-refractivity contribution in [3.63, 3.8) is 0 Å². The van der Waals surface area contributed by atoms with E-state index in [1.165, 1.54) is 18.2 Å². The number of carbonyl (C=O) groups excluding carboxylic acids is 1. The van der Waals surface area contributed by atoms with Gasteiger partial charge in [-0.25, -0.2) is 4.39 Å². The molecule has 70 valence electrons. The molecule has 0 saturated heterocycles. The van der Waals surface area contributed by atoms with Gasteiger partial charge in [0.2, 0.25) is 0 Å². The van der Waals surface area contributed by atoms with Crippen LogP contribution in [0.1, 0.15) is 17.3 Å². The highest BCUT2D eigenvalue weighted by atomic mass is 19.1. The van der Waals surface area contributed by atoms with E-state index in [1.807, 2.05) is 6.92 Å². The molecule has 0 unspecified atom stereocenters. The maximum atomic E-state index is 12.7. The molecule has 3 nitrogen and oxygen atoms in total. The van der Waals surface area contributed by atoms with Gasteiger partial charge >= 0.3 is 0 Å². The molecular weight excluding hydrogens is 171 g/mol. The van der Waals surface area contributed by atoms with Gasteiger partial charge in [-0.05, 0) is 25.1 Å². The quantitative estimate of drug-likeness (QED) is 0.741. The second-order valence-corrected chi connectivity index (χ2v) is 2.58. The Bertz CT molecular complexity index is 325. The topological polar surface area (TPSA) is 55.1 Å². The average Bonchev–Trinajstić information content (AvgIpc) is 2.04. The van der Waals surface area contributed by atoms with E-state index < -0.39 is 5.91 Å². The molecule has 0 atom stereocenters. The molecule has 0 spiro atoms. The average molecular weight is 182 g/mol. The molecule has 0 radical (unpaired) electrons. The van der Waals surface area contributed by atoms with Crippen LogP contribution in [-0.4, -0.2) is 12.5 Å². The molecule has 0 fully saturated rings. The first kappa shape index (κ1) is 9.51. The number of hydrogen-bond donors (Lipinski definition) is 2. The summed E-state index contributed by atoms with van der Waals surface area (Å²) in [5.41, 5.74) is 5.84. The smallest absolute Gasteiger partial charge is 0.250 e. The summed E-state index contributed by atoms with van der Waals surface area (Å²) in [6, 6.07) is 3.83. The van der Waals surface area contributed by atoms with Crippen molar-refractivity contribution in [2.45, 2.75) is 6.92 Å². The van der Waals surface area contributed by atoms with Crippen molar-refractivity contribution >= 4 is 11.6 Å². The van der Waals surface area contributed by atoms with Crippen molar-refractivity contribution in [3.05, 3.63) is 29.6 Å². The van der Waals surface area contributed by atoms with E-state index >= 15 is 0 Å². The summed E-state index contributed by atoms with van der Waals surface area (Å²) in [5.74, 6) is -0.947. The maximum absolute atomic E-state index is 12.7. The Morgan fingerprint density at radius 1 is 1.62 bits per heavy atom. The summed E-state index contributed by atoms with van der Waals surface area (Å²) in [4.78, 5) is 10.9. The molecule has 0 aliphatic rings. The molecule has 4 heteroatoms. The number of hydrogen-bond acceptors (Lipinski definition) is 2. The van der Waals surface area contributed by atoms with E-state index in [4.69, 9.17) is 5.73 Å². The van der Waals surface area contributed by atoms with Crippen molar-refractivity contribution in [1.29, 1.82) is 0 Å². The molecule has 0 aliphatic carbocycles. The van der Waals surface area contributed by atoms with Gasteiger partial charge in [-0.1, -0.05) is 0 Å². The number of rotatable bonds is 3. The lowest BCUT2D eigenvalue weighted by Gasteiger charge is -2.07. The highest BCUT2D eigenvalue weighted by Crippen LogP contribution is 2.16. The van der Waals surface area contributed by atoms with Crippen LogP contribution >= 0.6 is 0 Å². The monoisotopic (exact) mass is 182 g/mol. The van der Waals surface area contributed by atoms with E-state index in [-0.39, 0.29) is 5.82 Å². The highest BCUT2D eigenvalue weighted by Gasteiger charge is 2.07. The minimum absolute atomic E-state index is 0.309. The molecule has 0 aromatic heterocycles. The zero-order valence-corrected chi connectivity index (χ0v) is 7.30. The molecule has 0 heterocycles. The second-order valence-electron chi connectivity index (χ2n) is 2.58. The van der Waals surface area contributed by atoms with Gasteiger partial charge in [0.25, 0.3) is 5.91 Å². The minimum Gasteiger partial charge on any atom is -0.385 e. The van der Waals surface area contributed by atoms with Crippen LogP contribution in [0, 0.1) is 5.82 Å². The third kappa shape index (κ3) is 2.18. The Labute approximate surface area is 75.7 Å². The van der Waals surface area contributed by atoms with E-state index in [2.05, 4.69) is 5.32 Å². The first-order valence-corrected chi connectivity index (χ1v) is 3.98. The largest absolute Gasteiger partial charge is 0.385 e. The van der Waals surface area contributed by atoms with Crippen molar-refractivity contribution in [1.82, 2.24) is 0 Å². The Balaban J connectivity index is 3.10. The molecule has 3 N–H and O–H groups in total. The van der Waals surface area contributed by atoms with E-state index in [0.717, 1.165) is 0 Å². The predicted octanol–water partition coefficient (Wildman–Crippen LogP) is 1.36. The standard InChI is InChI=1S/C9H11FN2O/c1-2-12-8-5-6(10)3-4-7(8)9(11)13/h3-5,12H,2H2,1H3,(H2,11,13). The van der Waals surface area contributed by atoms with Gasteiger partial charge in [-0.3, -0.25) is 4.79 Å². The summed E-state index contributed by atoms with van der Waals surface area (Å²) in [5, 5.41) is 2.86. The Morgan fingerprint density at radius 2 is 2.31 bits per heavy atom. The third-order valence-electron chi connectivity index (χ3n) is 1.61. The van der Waals surface area contributed by atoms with Crippen LogP contribution < -0.4 is 11.1 Å². The summed E-state index contributed by atoms with van der Waals surface area (Å²) in [7, 11) is 0. The minimum atomic E-state index is -0.559. The number of anilines is 1. The maximum Gasteiger partial charge on any atom is 0.250 e. The van der Waals surface area contributed by atoms with Gasteiger partial charge in [-0.2, -0.15) is 0 Å². The van der Waals surface area contributed by atoms with Crippen LogP contribution in [0.3, 0.4) is 0 Å². The van der Waals surface area contributed by atoms with Crippen molar-refractivity contribution in [3.8, 4) is 0 Å². The molecule has 0 saturated carbocycles. The zero-order valence-electron chi connectivity index (χ0n) is 7.30. The number of benzene rings is 1. The molecule has 1 aromatic rings. The zero-order chi connectivity index (χ0) is 9.84.